The van der Waals surface area contributed by atoms with E-state index in [0.717, 1.165) is 32.8 Å². The zero-order valence-electron chi connectivity index (χ0n) is 25.0. The predicted molar refractivity (Wildman–Crippen MR) is 163 cm³/mol. The van der Waals surface area contributed by atoms with Gasteiger partial charge in [0.15, 0.2) is 0 Å². The maximum Gasteiger partial charge on any atom is 0.244 e. The Bertz CT molecular complexity index is 1450. The summed E-state index contributed by atoms with van der Waals surface area (Å²) in [5, 5.41) is 3.02. The molecule has 220 valence electrons. The predicted octanol–water partition coefficient (Wildman–Crippen LogP) is 4.63. The van der Waals surface area contributed by atoms with Crippen LogP contribution in [0.4, 0.5) is 5.69 Å². The molecule has 8 nitrogen and oxygen atoms in total. The van der Waals surface area contributed by atoms with Gasteiger partial charge in [-0.25, -0.2) is 8.42 Å². The summed E-state index contributed by atoms with van der Waals surface area (Å²) in [4.78, 5) is 29.5. The molecule has 0 heterocycles. The number of carbonyl (C=O) groups is 2. The second-order valence-corrected chi connectivity index (χ2v) is 13.3. The Morgan fingerprint density at radius 2 is 1.51 bits per heavy atom. The number of sulfonamides is 1. The van der Waals surface area contributed by atoms with E-state index in [-0.39, 0.29) is 18.9 Å². The van der Waals surface area contributed by atoms with Gasteiger partial charge in [-0.2, -0.15) is 0 Å². The molecule has 0 bridgehead atoms. The smallest absolute Gasteiger partial charge is 0.244 e. The molecule has 3 aromatic carbocycles. The fourth-order valence-electron chi connectivity index (χ4n) is 4.68. The molecule has 0 aromatic heterocycles. The average molecular weight is 580 g/mol. The topological polar surface area (TPSA) is 96.0 Å². The van der Waals surface area contributed by atoms with Crippen molar-refractivity contribution in [2.24, 2.45) is 0 Å². The highest BCUT2D eigenvalue weighted by Crippen LogP contribution is 2.24. The SMILES string of the molecule is COc1cccc(CN(C(=O)CN(c2cc(C)cc(C)c2)S(C)(=O)=O)C(Cc2ccccc2)C(=O)NC(C)(C)C)c1. The minimum absolute atomic E-state index is 0.0789. The van der Waals surface area contributed by atoms with Gasteiger partial charge in [-0.1, -0.05) is 48.5 Å². The molecule has 3 aromatic rings. The number of benzene rings is 3. The molecule has 0 aliphatic heterocycles. The first-order chi connectivity index (χ1) is 19.2. The zero-order valence-corrected chi connectivity index (χ0v) is 25.8. The van der Waals surface area contributed by atoms with Gasteiger partial charge in [0.05, 0.1) is 19.1 Å². The summed E-state index contributed by atoms with van der Waals surface area (Å²) < 4.78 is 32.5. The first kappa shape index (κ1) is 31.7. The molecule has 0 aliphatic carbocycles. The lowest BCUT2D eigenvalue weighted by molar-refractivity contribution is -0.140. The van der Waals surface area contributed by atoms with Gasteiger partial charge in [0.1, 0.15) is 18.3 Å². The van der Waals surface area contributed by atoms with E-state index in [0.29, 0.717) is 11.4 Å². The Labute approximate surface area is 244 Å². The molecule has 0 saturated carbocycles. The van der Waals surface area contributed by atoms with Crippen molar-refractivity contribution in [1.29, 1.82) is 0 Å². The highest BCUT2D eigenvalue weighted by molar-refractivity contribution is 7.92. The fourth-order valence-corrected chi connectivity index (χ4v) is 5.52. The van der Waals surface area contributed by atoms with E-state index >= 15 is 0 Å². The molecule has 3 rings (SSSR count). The van der Waals surface area contributed by atoms with E-state index in [1.807, 2.05) is 83.1 Å². The van der Waals surface area contributed by atoms with Crippen LogP contribution in [0.5, 0.6) is 5.75 Å². The largest absolute Gasteiger partial charge is 0.497 e. The minimum atomic E-state index is -3.83. The normalized spacial score (nSPS) is 12.4. The molecule has 2 amide bonds. The lowest BCUT2D eigenvalue weighted by Crippen LogP contribution is -2.56. The van der Waals surface area contributed by atoms with Crippen LogP contribution in [0, 0.1) is 13.8 Å². The number of amides is 2. The first-order valence-electron chi connectivity index (χ1n) is 13.5. The summed E-state index contributed by atoms with van der Waals surface area (Å²) >= 11 is 0. The molecular formula is C32H41N3O5S. The van der Waals surface area contributed by atoms with Gasteiger partial charge in [0.25, 0.3) is 0 Å². The Kier molecular flexibility index (Phi) is 10.2. The number of nitrogens with one attached hydrogen (secondary N) is 1. The number of hydrogen-bond acceptors (Lipinski definition) is 5. The van der Waals surface area contributed by atoms with Crippen molar-refractivity contribution in [1.82, 2.24) is 10.2 Å². The second-order valence-electron chi connectivity index (χ2n) is 11.4. The minimum Gasteiger partial charge on any atom is -0.497 e. The van der Waals surface area contributed by atoms with E-state index in [1.54, 1.807) is 31.4 Å². The first-order valence-corrected chi connectivity index (χ1v) is 15.4. The van der Waals surface area contributed by atoms with Crippen molar-refractivity contribution >= 4 is 27.5 Å². The summed E-state index contributed by atoms with van der Waals surface area (Å²) in [6.07, 6.45) is 1.33. The van der Waals surface area contributed by atoms with Crippen molar-refractivity contribution < 1.29 is 22.7 Å². The zero-order chi connectivity index (χ0) is 30.4. The number of rotatable bonds is 11. The van der Waals surface area contributed by atoms with Crippen LogP contribution in [0.25, 0.3) is 0 Å². The molecular weight excluding hydrogens is 538 g/mol. The summed E-state index contributed by atoms with van der Waals surface area (Å²) in [6.45, 7) is 9.01. The molecule has 9 heteroatoms. The van der Waals surface area contributed by atoms with Crippen LogP contribution in [-0.2, 0) is 32.6 Å². The number of hydrogen-bond donors (Lipinski definition) is 1. The van der Waals surface area contributed by atoms with Gasteiger partial charge in [0, 0.05) is 18.5 Å². The summed E-state index contributed by atoms with van der Waals surface area (Å²) in [6, 6.07) is 21.2. The van der Waals surface area contributed by atoms with E-state index < -0.39 is 34.1 Å². The number of ether oxygens (including phenoxy) is 1. The van der Waals surface area contributed by atoms with E-state index in [2.05, 4.69) is 5.32 Å². The molecule has 0 radical (unpaired) electrons. The molecule has 0 aliphatic rings. The van der Waals surface area contributed by atoms with Gasteiger partial charge in [0.2, 0.25) is 21.8 Å². The Morgan fingerprint density at radius 3 is 2.07 bits per heavy atom. The van der Waals surface area contributed by atoms with Crippen molar-refractivity contribution in [3.05, 3.63) is 95.1 Å². The highest BCUT2D eigenvalue weighted by Gasteiger charge is 2.34. The van der Waals surface area contributed by atoms with Gasteiger partial charge >= 0.3 is 0 Å². The summed E-state index contributed by atoms with van der Waals surface area (Å²) in [5.41, 5.74) is 3.23. The third-order valence-corrected chi connectivity index (χ3v) is 7.57. The summed E-state index contributed by atoms with van der Waals surface area (Å²) in [5.74, 6) is -0.209. The van der Waals surface area contributed by atoms with Crippen molar-refractivity contribution in [2.75, 3.05) is 24.2 Å². The van der Waals surface area contributed by atoms with Gasteiger partial charge in [-0.05, 0) is 81.1 Å². The maximum atomic E-state index is 14.2. The second kappa shape index (κ2) is 13.2. The van der Waals surface area contributed by atoms with Crippen molar-refractivity contribution in [3.63, 3.8) is 0 Å². The van der Waals surface area contributed by atoms with Crippen molar-refractivity contribution in [2.45, 2.75) is 59.2 Å². The fraction of sp³-hybridized carbons (Fsp3) is 0.375. The Hall–Kier alpha value is -3.85. The Balaban J connectivity index is 2.11. The van der Waals surface area contributed by atoms with Crippen LogP contribution >= 0.6 is 0 Å². The Morgan fingerprint density at radius 1 is 0.902 bits per heavy atom. The molecule has 0 fully saturated rings. The number of methoxy groups -OCH3 is 1. The van der Waals surface area contributed by atoms with Crippen LogP contribution in [-0.4, -0.2) is 56.6 Å². The third-order valence-electron chi connectivity index (χ3n) is 6.43. The van der Waals surface area contributed by atoms with Gasteiger partial charge in [-0.3, -0.25) is 13.9 Å². The molecule has 1 N–H and O–H groups in total. The highest BCUT2D eigenvalue weighted by atomic mass is 32.2. The number of anilines is 1. The van der Waals surface area contributed by atoms with E-state index in [9.17, 15) is 18.0 Å². The van der Waals surface area contributed by atoms with Crippen LogP contribution in [0.1, 0.15) is 43.0 Å². The quantitative estimate of drug-likeness (QED) is 0.357. The molecule has 0 spiro atoms. The maximum absolute atomic E-state index is 14.2. The summed E-state index contributed by atoms with van der Waals surface area (Å²) in [7, 11) is -2.27. The van der Waals surface area contributed by atoms with E-state index in [1.165, 1.54) is 4.90 Å². The molecule has 1 atom stereocenters. The van der Waals surface area contributed by atoms with E-state index in [4.69, 9.17) is 4.74 Å². The van der Waals surface area contributed by atoms with Crippen LogP contribution in [0.2, 0.25) is 0 Å². The standard InChI is InChI=1S/C32H41N3O5S/c1-23-16-24(2)18-27(17-23)35(41(7,38)39)22-30(36)34(21-26-14-11-15-28(19-26)40-6)29(31(37)33-32(3,4)5)20-25-12-9-8-10-13-25/h8-19,29H,20-22H2,1-7H3,(H,33,37). The number of nitrogens with zero attached hydrogens (tertiary/aromatic N) is 2. The lowest BCUT2D eigenvalue weighted by Gasteiger charge is -2.35. The third kappa shape index (κ3) is 9.35. The van der Waals surface area contributed by atoms with Crippen LogP contribution in [0.3, 0.4) is 0 Å². The average Bonchev–Trinajstić information content (AvgIpc) is 2.87. The van der Waals surface area contributed by atoms with Crippen LogP contribution < -0.4 is 14.4 Å². The lowest BCUT2D eigenvalue weighted by atomic mass is 10.0. The van der Waals surface area contributed by atoms with Crippen molar-refractivity contribution in [3.8, 4) is 5.75 Å². The van der Waals surface area contributed by atoms with Gasteiger partial charge in [-0.15, -0.1) is 0 Å². The molecule has 41 heavy (non-hydrogen) atoms. The van der Waals surface area contributed by atoms with Gasteiger partial charge < -0.3 is 15.0 Å². The van der Waals surface area contributed by atoms with Crippen LogP contribution in [0.15, 0.2) is 72.8 Å². The monoisotopic (exact) mass is 579 g/mol. The molecule has 1 unspecified atom stereocenters. The number of aryl methyl sites for hydroxylation is 2. The molecule has 0 saturated heterocycles. The number of carbonyl (C=O) groups excluding carboxylic acids is 2.